The van der Waals surface area contributed by atoms with Crippen LogP contribution in [-0.4, -0.2) is 59.1 Å². The van der Waals surface area contributed by atoms with Gasteiger partial charge in [0.25, 0.3) is 5.91 Å². The molecule has 4 rings (SSSR count). The quantitative estimate of drug-likeness (QED) is 0.806. The highest BCUT2D eigenvalue weighted by molar-refractivity contribution is 5.92. The third kappa shape index (κ3) is 5.08. The molecule has 0 radical (unpaired) electrons. The Balaban J connectivity index is 0.00000240. The molecule has 1 aromatic carbocycles. The minimum absolute atomic E-state index is 0. The molecular formula is C21H30ClN5O2. The molecule has 8 heteroatoms. The number of rotatable bonds is 5. The van der Waals surface area contributed by atoms with Gasteiger partial charge in [0.2, 0.25) is 0 Å². The zero-order valence-corrected chi connectivity index (χ0v) is 17.7. The summed E-state index contributed by atoms with van der Waals surface area (Å²) >= 11 is 0. The predicted octanol–water partition coefficient (Wildman–Crippen LogP) is 2.73. The molecule has 2 aliphatic rings. The minimum Gasteiger partial charge on any atom is -0.496 e. The van der Waals surface area contributed by atoms with Crippen LogP contribution in [0, 0.1) is 5.92 Å². The monoisotopic (exact) mass is 419 g/mol. The van der Waals surface area contributed by atoms with Gasteiger partial charge in [0.15, 0.2) is 5.69 Å². The molecule has 0 bridgehead atoms. The predicted molar refractivity (Wildman–Crippen MR) is 114 cm³/mol. The number of piperidine rings is 2. The molecule has 158 valence electrons. The van der Waals surface area contributed by atoms with Gasteiger partial charge in [-0.25, -0.2) is 4.68 Å². The Morgan fingerprint density at radius 2 is 1.90 bits per heavy atom. The molecule has 2 aromatic rings. The van der Waals surface area contributed by atoms with E-state index < -0.39 is 0 Å². The summed E-state index contributed by atoms with van der Waals surface area (Å²) in [6.45, 7) is 3.54. The van der Waals surface area contributed by atoms with Crippen LogP contribution >= 0.6 is 12.4 Å². The second-order valence-corrected chi connectivity index (χ2v) is 7.82. The van der Waals surface area contributed by atoms with Crippen LogP contribution in [0.3, 0.4) is 0 Å². The summed E-state index contributed by atoms with van der Waals surface area (Å²) in [6.07, 6.45) is 6.91. The number of benzene rings is 1. The number of aromatic nitrogens is 3. The van der Waals surface area contributed by atoms with Crippen molar-refractivity contribution in [1.82, 2.24) is 25.2 Å². The van der Waals surface area contributed by atoms with Gasteiger partial charge in [0, 0.05) is 13.1 Å². The van der Waals surface area contributed by atoms with Crippen LogP contribution in [0.5, 0.6) is 5.75 Å². The lowest BCUT2D eigenvalue weighted by Crippen LogP contribution is -2.39. The van der Waals surface area contributed by atoms with Crippen LogP contribution in [0.4, 0.5) is 0 Å². The van der Waals surface area contributed by atoms with Crippen molar-refractivity contribution in [2.75, 3.05) is 33.3 Å². The van der Waals surface area contributed by atoms with Crippen molar-refractivity contribution in [2.45, 2.75) is 38.1 Å². The highest BCUT2D eigenvalue weighted by atomic mass is 35.5. The van der Waals surface area contributed by atoms with E-state index in [1.807, 2.05) is 27.9 Å². The van der Waals surface area contributed by atoms with Gasteiger partial charge in [0.1, 0.15) is 5.75 Å². The molecule has 29 heavy (non-hydrogen) atoms. The largest absolute Gasteiger partial charge is 0.496 e. The summed E-state index contributed by atoms with van der Waals surface area (Å²) in [5.74, 6) is 1.54. The highest BCUT2D eigenvalue weighted by Crippen LogP contribution is 2.27. The topological polar surface area (TPSA) is 72.3 Å². The summed E-state index contributed by atoms with van der Waals surface area (Å²) in [7, 11) is 1.72. The number of hydrogen-bond acceptors (Lipinski definition) is 5. The zero-order chi connectivity index (χ0) is 19.3. The van der Waals surface area contributed by atoms with E-state index in [1.54, 1.807) is 7.11 Å². The SMILES string of the molecule is COc1ccccc1CC1CCN(C(=O)c2cn(C3CCNCC3)nn2)CC1.Cl. The van der Waals surface area contributed by atoms with E-state index in [0.29, 0.717) is 17.7 Å². The molecule has 7 nitrogen and oxygen atoms in total. The maximum absolute atomic E-state index is 12.8. The Kier molecular flexibility index (Phi) is 7.50. The van der Waals surface area contributed by atoms with E-state index in [4.69, 9.17) is 4.74 Å². The molecule has 1 N–H and O–H groups in total. The molecule has 0 aliphatic carbocycles. The molecule has 0 saturated carbocycles. The molecular weight excluding hydrogens is 390 g/mol. The number of amides is 1. The number of nitrogens with zero attached hydrogens (tertiary/aromatic N) is 4. The maximum atomic E-state index is 12.8. The van der Waals surface area contributed by atoms with Gasteiger partial charge in [-0.1, -0.05) is 23.4 Å². The summed E-state index contributed by atoms with van der Waals surface area (Å²) in [5, 5.41) is 11.7. The summed E-state index contributed by atoms with van der Waals surface area (Å²) in [6, 6.07) is 8.56. The fourth-order valence-corrected chi connectivity index (χ4v) is 4.31. The fourth-order valence-electron chi connectivity index (χ4n) is 4.31. The van der Waals surface area contributed by atoms with E-state index in [9.17, 15) is 4.79 Å². The first-order valence-electron chi connectivity index (χ1n) is 10.3. The molecule has 2 aliphatic heterocycles. The van der Waals surface area contributed by atoms with E-state index in [2.05, 4.69) is 27.8 Å². The average molecular weight is 420 g/mol. The normalized spacial score (nSPS) is 18.3. The van der Waals surface area contributed by atoms with Gasteiger partial charge in [-0.3, -0.25) is 4.79 Å². The lowest BCUT2D eigenvalue weighted by atomic mass is 9.89. The highest BCUT2D eigenvalue weighted by Gasteiger charge is 2.27. The van der Waals surface area contributed by atoms with Crippen molar-refractivity contribution in [3.05, 3.63) is 41.7 Å². The van der Waals surface area contributed by atoms with E-state index in [0.717, 1.165) is 64.0 Å². The van der Waals surface area contributed by atoms with Gasteiger partial charge in [-0.05, 0) is 62.7 Å². The van der Waals surface area contributed by atoms with E-state index >= 15 is 0 Å². The number of carbonyl (C=O) groups excluding carboxylic acids is 1. The molecule has 0 spiro atoms. The number of methoxy groups -OCH3 is 1. The first-order chi connectivity index (χ1) is 13.7. The van der Waals surface area contributed by atoms with E-state index in [-0.39, 0.29) is 18.3 Å². The lowest BCUT2D eigenvalue weighted by Gasteiger charge is -2.31. The summed E-state index contributed by atoms with van der Waals surface area (Å²) in [5.41, 5.74) is 1.72. The van der Waals surface area contributed by atoms with Crippen molar-refractivity contribution < 1.29 is 9.53 Å². The number of nitrogens with one attached hydrogen (secondary N) is 1. The number of likely N-dealkylation sites (tertiary alicyclic amines) is 1. The third-order valence-electron chi connectivity index (χ3n) is 6.02. The molecule has 2 fully saturated rings. The van der Waals surface area contributed by atoms with Crippen LogP contribution in [-0.2, 0) is 6.42 Å². The Bertz CT molecular complexity index is 798. The van der Waals surface area contributed by atoms with E-state index in [1.165, 1.54) is 5.56 Å². The van der Waals surface area contributed by atoms with Crippen LogP contribution in [0.15, 0.2) is 30.5 Å². The number of ether oxygens (including phenoxy) is 1. The van der Waals surface area contributed by atoms with Crippen molar-refractivity contribution in [3.8, 4) is 5.75 Å². The second kappa shape index (κ2) is 10.1. The zero-order valence-electron chi connectivity index (χ0n) is 16.9. The third-order valence-corrected chi connectivity index (χ3v) is 6.02. The first kappa shape index (κ1) is 21.6. The Morgan fingerprint density at radius 1 is 1.17 bits per heavy atom. The van der Waals surface area contributed by atoms with Gasteiger partial charge in [-0.15, -0.1) is 17.5 Å². The number of hydrogen-bond donors (Lipinski definition) is 1. The fraction of sp³-hybridized carbons (Fsp3) is 0.571. The number of para-hydroxylation sites is 1. The first-order valence-corrected chi connectivity index (χ1v) is 10.3. The van der Waals surface area contributed by atoms with Gasteiger partial charge >= 0.3 is 0 Å². The molecule has 1 aromatic heterocycles. The van der Waals surface area contributed by atoms with Crippen LogP contribution < -0.4 is 10.1 Å². The van der Waals surface area contributed by atoms with Gasteiger partial charge < -0.3 is 15.0 Å². The van der Waals surface area contributed by atoms with Crippen LogP contribution in [0.2, 0.25) is 0 Å². The minimum atomic E-state index is 0. The lowest BCUT2D eigenvalue weighted by molar-refractivity contribution is 0.0684. The van der Waals surface area contributed by atoms with Crippen molar-refractivity contribution in [1.29, 1.82) is 0 Å². The average Bonchev–Trinajstić information content (AvgIpc) is 3.25. The standard InChI is InChI=1S/C21H29N5O2.ClH/c1-28-20-5-3-2-4-17(20)14-16-8-12-25(13-9-16)21(27)19-15-26(24-23-19)18-6-10-22-11-7-18;/h2-5,15-16,18,22H,6-14H2,1H3;1H. The number of carbonyl (C=O) groups is 1. The van der Waals surface area contributed by atoms with Crippen molar-refractivity contribution in [3.63, 3.8) is 0 Å². The van der Waals surface area contributed by atoms with Crippen LogP contribution in [0.1, 0.15) is 47.8 Å². The Morgan fingerprint density at radius 3 is 2.62 bits per heavy atom. The molecule has 3 heterocycles. The van der Waals surface area contributed by atoms with Crippen molar-refractivity contribution in [2.24, 2.45) is 5.92 Å². The van der Waals surface area contributed by atoms with Gasteiger partial charge in [0.05, 0.1) is 19.3 Å². The summed E-state index contributed by atoms with van der Waals surface area (Å²) < 4.78 is 7.35. The number of halogens is 1. The molecule has 0 atom stereocenters. The molecule has 0 unspecified atom stereocenters. The second-order valence-electron chi connectivity index (χ2n) is 7.82. The smallest absolute Gasteiger partial charge is 0.276 e. The summed E-state index contributed by atoms with van der Waals surface area (Å²) in [4.78, 5) is 14.8. The molecule has 1 amide bonds. The Labute approximate surface area is 178 Å². The Hall–Kier alpha value is -2.12. The van der Waals surface area contributed by atoms with Crippen molar-refractivity contribution >= 4 is 18.3 Å². The van der Waals surface area contributed by atoms with Gasteiger partial charge in [-0.2, -0.15) is 0 Å². The maximum Gasteiger partial charge on any atom is 0.276 e. The van der Waals surface area contributed by atoms with Crippen LogP contribution in [0.25, 0.3) is 0 Å². The molecule has 2 saturated heterocycles.